The van der Waals surface area contributed by atoms with Gasteiger partial charge in [0.1, 0.15) is 5.75 Å². The van der Waals surface area contributed by atoms with E-state index in [2.05, 4.69) is 10.6 Å². The Kier molecular flexibility index (Phi) is 5.10. The summed E-state index contributed by atoms with van der Waals surface area (Å²) in [7, 11) is 1.46. The Hall–Kier alpha value is -2.15. The van der Waals surface area contributed by atoms with E-state index in [0.717, 1.165) is 32.2 Å². The minimum absolute atomic E-state index is 0.0834. The molecular weight excluding hydrogens is 274 g/mol. The lowest BCUT2D eigenvalue weighted by Crippen LogP contribution is -2.39. The Morgan fingerprint density at radius 2 is 2.24 bits per heavy atom. The van der Waals surface area contributed by atoms with E-state index in [-0.39, 0.29) is 17.6 Å². The van der Waals surface area contributed by atoms with Gasteiger partial charge >= 0.3 is 0 Å². The van der Waals surface area contributed by atoms with Gasteiger partial charge in [0.25, 0.3) is 5.69 Å². The number of rotatable bonds is 4. The molecule has 2 N–H and O–H groups in total. The molecule has 0 bridgehead atoms. The molecule has 0 aromatic heterocycles. The largest absolute Gasteiger partial charge is 0.495 e. The van der Waals surface area contributed by atoms with E-state index < -0.39 is 4.92 Å². The molecule has 21 heavy (non-hydrogen) atoms. The monoisotopic (exact) mass is 293 g/mol. The molecule has 1 saturated heterocycles. The molecule has 114 valence electrons. The highest BCUT2D eigenvalue weighted by Crippen LogP contribution is 2.29. The average molecular weight is 293 g/mol. The quantitative estimate of drug-likeness (QED) is 0.654. The van der Waals surface area contributed by atoms with Crippen LogP contribution in [0.3, 0.4) is 0 Å². The number of nitro benzene ring substituents is 1. The number of hydrogen-bond acceptors (Lipinski definition) is 5. The molecule has 1 aliphatic heterocycles. The number of carbonyl (C=O) groups is 1. The second kappa shape index (κ2) is 7.03. The van der Waals surface area contributed by atoms with Gasteiger partial charge in [-0.25, -0.2) is 0 Å². The molecular formula is C14H19N3O4. The van der Waals surface area contributed by atoms with Crippen molar-refractivity contribution < 1.29 is 14.5 Å². The first-order chi connectivity index (χ1) is 10.1. The summed E-state index contributed by atoms with van der Waals surface area (Å²) in [6.45, 7) is 0.810. The first-order valence-electron chi connectivity index (χ1n) is 6.98. The first kappa shape index (κ1) is 15.2. The standard InChI is InChI=1S/C14H19N3O4/c1-21-13-7-6-10(17(19)20)9-12(13)16-14(18)11-5-3-2-4-8-15-11/h6-7,9,11,15H,2-5,8H2,1H3,(H,16,18). The van der Waals surface area contributed by atoms with E-state index >= 15 is 0 Å². The van der Waals surface area contributed by atoms with Gasteiger partial charge in [-0.1, -0.05) is 12.8 Å². The summed E-state index contributed by atoms with van der Waals surface area (Å²) in [5.74, 6) is 0.221. The predicted octanol–water partition coefficient (Wildman–Crippen LogP) is 2.07. The van der Waals surface area contributed by atoms with Crippen molar-refractivity contribution in [2.24, 2.45) is 0 Å². The van der Waals surface area contributed by atoms with Crippen LogP contribution in [-0.4, -0.2) is 30.5 Å². The number of amides is 1. The summed E-state index contributed by atoms with van der Waals surface area (Å²) >= 11 is 0. The van der Waals surface area contributed by atoms with Gasteiger partial charge < -0.3 is 15.4 Å². The Bertz CT molecular complexity index is 525. The number of nitrogens with one attached hydrogen (secondary N) is 2. The van der Waals surface area contributed by atoms with Crippen LogP contribution in [0.15, 0.2) is 18.2 Å². The highest BCUT2D eigenvalue weighted by atomic mass is 16.6. The maximum Gasteiger partial charge on any atom is 0.271 e. The number of nitrogens with zero attached hydrogens (tertiary/aromatic N) is 1. The molecule has 0 aliphatic carbocycles. The van der Waals surface area contributed by atoms with Gasteiger partial charge in [0.15, 0.2) is 0 Å². The number of non-ortho nitro benzene ring substituents is 1. The van der Waals surface area contributed by atoms with Crippen molar-refractivity contribution in [3.8, 4) is 5.75 Å². The number of nitro groups is 1. The molecule has 1 aromatic rings. The third-order valence-electron chi connectivity index (χ3n) is 3.53. The molecule has 1 aliphatic rings. The fourth-order valence-corrected chi connectivity index (χ4v) is 2.38. The van der Waals surface area contributed by atoms with Gasteiger partial charge in [0.2, 0.25) is 5.91 Å². The lowest BCUT2D eigenvalue weighted by atomic mass is 10.1. The molecule has 1 heterocycles. The Morgan fingerprint density at radius 1 is 1.43 bits per heavy atom. The van der Waals surface area contributed by atoms with Crippen molar-refractivity contribution in [1.29, 1.82) is 0 Å². The van der Waals surface area contributed by atoms with Crippen molar-refractivity contribution in [1.82, 2.24) is 5.32 Å². The van der Waals surface area contributed by atoms with E-state index in [9.17, 15) is 14.9 Å². The van der Waals surface area contributed by atoms with Crippen LogP contribution >= 0.6 is 0 Å². The van der Waals surface area contributed by atoms with Gasteiger partial charge in [0, 0.05) is 12.1 Å². The van der Waals surface area contributed by atoms with Gasteiger partial charge in [-0.05, 0) is 25.5 Å². The Morgan fingerprint density at radius 3 is 2.95 bits per heavy atom. The van der Waals surface area contributed by atoms with Crippen molar-refractivity contribution in [3.05, 3.63) is 28.3 Å². The summed E-state index contributed by atoms with van der Waals surface area (Å²) in [6, 6.07) is 3.87. The molecule has 7 nitrogen and oxygen atoms in total. The summed E-state index contributed by atoms with van der Waals surface area (Å²) in [5.41, 5.74) is 0.239. The summed E-state index contributed by atoms with van der Waals surface area (Å²) in [5, 5.41) is 16.7. The maximum atomic E-state index is 12.3. The minimum Gasteiger partial charge on any atom is -0.495 e. The van der Waals surface area contributed by atoms with Gasteiger partial charge in [0.05, 0.1) is 23.8 Å². The number of hydrogen-bond donors (Lipinski definition) is 2. The van der Waals surface area contributed by atoms with Crippen LogP contribution in [0, 0.1) is 10.1 Å². The van der Waals surface area contributed by atoms with Crippen LogP contribution in [0.4, 0.5) is 11.4 Å². The SMILES string of the molecule is COc1ccc([N+](=O)[O-])cc1NC(=O)C1CCCCCN1. The normalized spacial score (nSPS) is 18.6. The molecule has 1 aromatic carbocycles. The van der Waals surface area contributed by atoms with Crippen molar-refractivity contribution in [2.45, 2.75) is 31.7 Å². The molecule has 0 spiro atoms. The smallest absolute Gasteiger partial charge is 0.271 e. The van der Waals surface area contributed by atoms with Crippen LogP contribution < -0.4 is 15.4 Å². The minimum atomic E-state index is -0.501. The van der Waals surface area contributed by atoms with E-state index in [1.165, 1.54) is 25.3 Å². The molecule has 7 heteroatoms. The van der Waals surface area contributed by atoms with E-state index in [0.29, 0.717) is 11.4 Å². The van der Waals surface area contributed by atoms with Crippen LogP contribution in [0.25, 0.3) is 0 Å². The molecule has 1 atom stereocenters. The van der Waals surface area contributed by atoms with Gasteiger partial charge in [-0.2, -0.15) is 0 Å². The second-order valence-electron chi connectivity index (χ2n) is 4.99. The zero-order chi connectivity index (χ0) is 15.2. The van der Waals surface area contributed by atoms with Crippen LogP contribution in [0.5, 0.6) is 5.75 Å². The number of ether oxygens (including phenoxy) is 1. The second-order valence-corrected chi connectivity index (χ2v) is 4.99. The highest BCUT2D eigenvalue weighted by molar-refractivity contribution is 5.96. The van der Waals surface area contributed by atoms with E-state index in [1.54, 1.807) is 0 Å². The zero-order valence-electron chi connectivity index (χ0n) is 11.9. The Labute approximate surface area is 122 Å². The van der Waals surface area contributed by atoms with Crippen molar-refractivity contribution in [3.63, 3.8) is 0 Å². The Balaban J connectivity index is 2.14. The summed E-state index contributed by atoms with van der Waals surface area (Å²) < 4.78 is 5.14. The van der Waals surface area contributed by atoms with Gasteiger partial charge in [-0.15, -0.1) is 0 Å². The lowest BCUT2D eigenvalue weighted by molar-refractivity contribution is -0.384. The maximum absolute atomic E-state index is 12.3. The number of benzene rings is 1. The third kappa shape index (κ3) is 3.91. The first-order valence-corrected chi connectivity index (χ1v) is 6.98. The molecule has 1 fully saturated rings. The number of anilines is 1. The van der Waals surface area contributed by atoms with E-state index in [1.807, 2.05) is 0 Å². The zero-order valence-corrected chi connectivity index (χ0v) is 11.9. The molecule has 1 amide bonds. The van der Waals surface area contributed by atoms with Crippen molar-refractivity contribution >= 4 is 17.3 Å². The van der Waals surface area contributed by atoms with Crippen LogP contribution in [-0.2, 0) is 4.79 Å². The number of carbonyl (C=O) groups excluding carboxylic acids is 1. The fourth-order valence-electron chi connectivity index (χ4n) is 2.38. The van der Waals surface area contributed by atoms with Crippen molar-refractivity contribution in [2.75, 3.05) is 19.0 Å². The fraction of sp³-hybridized carbons (Fsp3) is 0.500. The topological polar surface area (TPSA) is 93.5 Å². The molecule has 0 radical (unpaired) electrons. The third-order valence-corrected chi connectivity index (χ3v) is 3.53. The molecule has 0 saturated carbocycles. The highest BCUT2D eigenvalue weighted by Gasteiger charge is 2.21. The molecule has 2 rings (SSSR count). The lowest BCUT2D eigenvalue weighted by Gasteiger charge is -2.16. The summed E-state index contributed by atoms with van der Waals surface area (Å²) in [4.78, 5) is 22.6. The van der Waals surface area contributed by atoms with E-state index in [4.69, 9.17) is 4.74 Å². The number of methoxy groups -OCH3 is 1. The average Bonchev–Trinajstić information content (AvgIpc) is 2.76. The van der Waals surface area contributed by atoms with Gasteiger partial charge in [-0.3, -0.25) is 14.9 Å². The molecule has 1 unspecified atom stereocenters. The predicted molar refractivity (Wildman–Crippen MR) is 78.5 cm³/mol. The summed E-state index contributed by atoms with van der Waals surface area (Å²) in [6.07, 6.45) is 3.93. The van der Waals surface area contributed by atoms with Crippen LogP contribution in [0.2, 0.25) is 0 Å². The van der Waals surface area contributed by atoms with Crippen LogP contribution in [0.1, 0.15) is 25.7 Å².